The van der Waals surface area contributed by atoms with Crippen LogP contribution in [0.4, 0.5) is 0 Å². The molecule has 0 bridgehead atoms. The van der Waals surface area contributed by atoms with Crippen LogP contribution in [0.15, 0.2) is 72.2 Å². The number of ketones is 2. The molecule has 0 aliphatic heterocycles. The Bertz CT molecular complexity index is 934. The number of hydrogen-bond acceptors (Lipinski definition) is 4. The number of hydrogen-bond donors (Lipinski definition) is 0. The maximum absolute atomic E-state index is 12.7. The number of ether oxygens (including phenoxy) is 2. The molecule has 1 aliphatic carbocycles. The lowest BCUT2D eigenvalue weighted by Gasteiger charge is -2.17. The van der Waals surface area contributed by atoms with E-state index in [4.69, 9.17) is 9.47 Å². The van der Waals surface area contributed by atoms with Crippen molar-refractivity contribution in [3.63, 3.8) is 0 Å². The highest BCUT2D eigenvalue weighted by Crippen LogP contribution is 2.29. The third-order valence-electron chi connectivity index (χ3n) is 4.03. The molecule has 0 fully saturated rings. The Morgan fingerprint density at radius 1 is 0.808 bits per heavy atom. The van der Waals surface area contributed by atoms with Crippen LogP contribution in [0.3, 0.4) is 0 Å². The van der Waals surface area contributed by atoms with Crippen LogP contribution in [0.5, 0.6) is 0 Å². The summed E-state index contributed by atoms with van der Waals surface area (Å²) in [4.78, 5) is 24.9. The molecule has 0 heterocycles. The molecule has 0 N–H and O–H groups in total. The van der Waals surface area contributed by atoms with Gasteiger partial charge in [-0.1, -0.05) is 60.7 Å². The topological polar surface area (TPSA) is 52.6 Å². The van der Waals surface area contributed by atoms with Crippen LogP contribution < -0.4 is 0 Å². The van der Waals surface area contributed by atoms with Gasteiger partial charge in [0.25, 0.3) is 0 Å². The summed E-state index contributed by atoms with van der Waals surface area (Å²) >= 11 is 0. The van der Waals surface area contributed by atoms with Crippen LogP contribution in [-0.4, -0.2) is 25.8 Å². The van der Waals surface area contributed by atoms with Crippen LogP contribution >= 0.6 is 0 Å². The van der Waals surface area contributed by atoms with Gasteiger partial charge in [0.2, 0.25) is 11.6 Å². The summed E-state index contributed by atoms with van der Waals surface area (Å²) in [6.07, 6.45) is 5.09. The third-order valence-corrected chi connectivity index (χ3v) is 4.03. The van der Waals surface area contributed by atoms with Gasteiger partial charge in [0.1, 0.15) is 0 Å². The molecule has 0 atom stereocenters. The van der Waals surface area contributed by atoms with Crippen LogP contribution in [0.2, 0.25) is 0 Å². The van der Waals surface area contributed by atoms with E-state index in [-0.39, 0.29) is 28.7 Å². The van der Waals surface area contributed by atoms with Gasteiger partial charge >= 0.3 is 0 Å². The van der Waals surface area contributed by atoms with E-state index < -0.39 is 0 Å². The van der Waals surface area contributed by atoms with Gasteiger partial charge in [0, 0.05) is 6.08 Å². The Labute approximate surface area is 152 Å². The Morgan fingerprint density at radius 2 is 1.50 bits per heavy atom. The Hall–Kier alpha value is -3.40. The monoisotopic (exact) mass is 346 g/mol. The zero-order valence-electron chi connectivity index (χ0n) is 14.6. The van der Waals surface area contributed by atoms with Crippen molar-refractivity contribution in [1.82, 2.24) is 0 Å². The zero-order valence-corrected chi connectivity index (χ0v) is 14.6. The molecule has 4 heteroatoms. The molecule has 0 amide bonds. The van der Waals surface area contributed by atoms with E-state index in [2.05, 4.69) is 0 Å². The van der Waals surface area contributed by atoms with Gasteiger partial charge in [-0.05, 0) is 22.8 Å². The molecule has 0 aromatic heterocycles. The summed E-state index contributed by atoms with van der Waals surface area (Å²) in [7, 11) is 2.75. The van der Waals surface area contributed by atoms with E-state index in [0.717, 1.165) is 17.2 Å². The summed E-state index contributed by atoms with van der Waals surface area (Å²) < 4.78 is 10.2. The van der Waals surface area contributed by atoms with Crippen molar-refractivity contribution in [2.24, 2.45) is 0 Å². The van der Waals surface area contributed by atoms with Gasteiger partial charge in [0.05, 0.1) is 19.8 Å². The fourth-order valence-corrected chi connectivity index (χ4v) is 2.77. The molecule has 26 heavy (non-hydrogen) atoms. The normalized spacial score (nSPS) is 14.6. The second-order valence-electron chi connectivity index (χ2n) is 5.68. The molecule has 0 radical (unpaired) electrons. The minimum atomic E-state index is -0.385. The first-order valence-electron chi connectivity index (χ1n) is 8.10. The highest BCUT2D eigenvalue weighted by Gasteiger charge is 2.31. The molecule has 0 unspecified atom stereocenters. The smallest absolute Gasteiger partial charge is 0.232 e. The largest absolute Gasteiger partial charge is 0.492 e. The lowest BCUT2D eigenvalue weighted by molar-refractivity contribution is -0.118. The number of benzene rings is 2. The standard InChI is InChI=1S/C22H18O4/c1-25-19-14-18(23)22(26-2)20(21(19)24)17-10-6-9-16(13-17)12-11-15-7-4-3-5-8-15/h3-14H,1-2H3/b12-11+. The maximum atomic E-state index is 12.7. The van der Waals surface area contributed by atoms with Gasteiger partial charge in [-0.25, -0.2) is 0 Å². The third kappa shape index (κ3) is 3.49. The molecule has 3 rings (SSSR count). The average molecular weight is 346 g/mol. The van der Waals surface area contributed by atoms with Crippen molar-refractivity contribution in [2.45, 2.75) is 0 Å². The second kappa shape index (κ2) is 7.66. The number of rotatable bonds is 5. The van der Waals surface area contributed by atoms with Crippen molar-refractivity contribution < 1.29 is 19.1 Å². The minimum absolute atomic E-state index is 0.0102. The molecular formula is C22H18O4. The van der Waals surface area contributed by atoms with Gasteiger partial charge in [-0.3, -0.25) is 9.59 Å². The molecule has 4 nitrogen and oxygen atoms in total. The van der Waals surface area contributed by atoms with Crippen LogP contribution in [-0.2, 0) is 19.1 Å². The van der Waals surface area contributed by atoms with E-state index in [1.54, 1.807) is 6.07 Å². The van der Waals surface area contributed by atoms with E-state index in [1.807, 2.05) is 60.7 Å². The Balaban J connectivity index is 2.00. The molecule has 0 saturated heterocycles. The zero-order chi connectivity index (χ0) is 18.5. The SMILES string of the molecule is COC1=CC(=O)C(OC)=C(c2cccc(/C=C/c3ccccc3)c2)C1=O. The highest BCUT2D eigenvalue weighted by atomic mass is 16.5. The number of methoxy groups -OCH3 is 2. The summed E-state index contributed by atoms with van der Waals surface area (Å²) in [6.45, 7) is 0. The maximum Gasteiger partial charge on any atom is 0.232 e. The van der Waals surface area contributed by atoms with Gasteiger partial charge in [0.15, 0.2) is 11.5 Å². The van der Waals surface area contributed by atoms with E-state index in [0.29, 0.717) is 5.56 Å². The lowest BCUT2D eigenvalue weighted by Crippen LogP contribution is -2.20. The first-order chi connectivity index (χ1) is 12.6. The molecule has 1 aliphatic rings. The van der Waals surface area contributed by atoms with Crippen molar-refractivity contribution >= 4 is 29.3 Å². The summed E-state index contributed by atoms with van der Waals surface area (Å²) in [5.41, 5.74) is 2.80. The minimum Gasteiger partial charge on any atom is -0.492 e. The molecule has 130 valence electrons. The van der Waals surface area contributed by atoms with Crippen molar-refractivity contribution in [1.29, 1.82) is 0 Å². The first kappa shape index (κ1) is 17.4. The average Bonchev–Trinajstić information content (AvgIpc) is 2.68. The second-order valence-corrected chi connectivity index (χ2v) is 5.68. The van der Waals surface area contributed by atoms with Crippen LogP contribution in [0, 0.1) is 0 Å². The van der Waals surface area contributed by atoms with Crippen LogP contribution in [0.25, 0.3) is 17.7 Å². The predicted octanol–water partition coefficient (Wildman–Crippen LogP) is 3.90. The summed E-state index contributed by atoms with van der Waals surface area (Å²) in [5.74, 6) is -0.715. The fraction of sp³-hybridized carbons (Fsp3) is 0.0909. The van der Waals surface area contributed by atoms with E-state index in [1.165, 1.54) is 14.2 Å². The summed E-state index contributed by atoms with van der Waals surface area (Å²) in [6, 6.07) is 17.3. The van der Waals surface area contributed by atoms with Gasteiger partial charge in [-0.2, -0.15) is 0 Å². The van der Waals surface area contributed by atoms with Crippen molar-refractivity contribution in [2.75, 3.05) is 14.2 Å². The van der Waals surface area contributed by atoms with Crippen molar-refractivity contribution in [3.05, 3.63) is 88.9 Å². The van der Waals surface area contributed by atoms with Crippen LogP contribution in [0.1, 0.15) is 16.7 Å². The van der Waals surface area contributed by atoms with Gasteiger partial charge < -0.3 is 9.47 Å². The van der Waals surface area contributed by atoms with E-state index >= 15 is 0 Å². The summed E-state index contributed by atoms with van der Waals surface area (Å²) in [5, 5.41) is 0. The van der Waals surface area contributed by atoms with Crippen molar-refractivity contribution in [3.8, 4) is 0 Å². The predicted molar refractivity (Wildman–Crippen MR) is 101 cm³/mol. The molecule has 2 aromatic rings. The van der Waals surface area contributed by atoms with E-state index in [9.17, 15) is 9.59 Å². The number of Topliss-reactive ketones (excluding diaryl/α,β-unsaturated/α-hetero) is 1. The number of carbonyl (C=O) groups is 2. The fourth-order valence-electron chi connectivity index (χ4n) is 2.77. The molecule has 0 saturated carbocycles. The Kier molecular flexibility index (Phi) is 5.13. The Morgan fingerprint density at radius 3 is 2.19 bits per heavy atom. The molecule has 0 spiro atoms. The molecule has 2 aromatic carbocycles. The first-order valence-corrected chi connectivity index (χ1v) is 8.10. The number of carbonyl (C=O) groups excluding carboxylic acids is 2. The number of allylic oxidation sites excluding steroid dienone is 2. The van der Waals surface area contributed by atoms with Gasteiger partial charge in [-0.15, -0.1) is 0 Å². The lowest BCUT2D eigenvalue weighted by atomic mass is 9.92. The highest BCUT2D eigenvalue weighted by molar-refractivity contribution is 6.36. The molecular weight excluding hydrogens is 328 g/mol. The quantitative estimate of drug-likeness (QED) is 0.609.